The molecule has 6 nitrogen and oxygen atoms in total. The Kier molecular flexibility index (Phi) is 8.06. The molecule has 1 atom stereocenters. The summed E-state index contributed by atoms with van der Waals surface area (Å²) in [5.41, 5.74) is 5.20. The monoisotopic (exact) mass is 485 g/mol. The van der Waals surface area contributed by atoms with Crippen molar-refractivity contribution in [2.75, 3.05) is 25.6 Å². The minimum atomic E-state index is -0.566. The fourth-order valence-electron chi connectivity index (χ4n) is 4.27. The molecule has 6 heteroatoms. The van der Waals surface area contributed by atoms with Crippen LogP contribution in [0, 0.1) is 0 Å². The molecule has 1 amide bonds. The molecule has 0 aliphatic carbocycles. The van der Waals surface area contributed by atoms with E-state index in [0.717, 1.165) is 29.0 Å². The highest BCUT2D eigenvalue weighted by molar-refractivity contribution is 6.24. The average Bonchev–Trinajstić information content (AvgIpc) is 3.18. The van der Waals surface area contributed by atoms with Crippen LogP contribution in [-0.4, -0.2) is 42.8 Å². The molecule has 3 aromatic rings. The topological polar surface area (TPSA) is 63.2 Å². The van der Waals surface area contributed by atoms with Crippen LogP contribution in [0.3, 0.4) is 0 Å². The summed E-state index contributed by atoms with van der Waals surface area (Å²) in [6, 6.07) is 22.4. The first-order valence-electron chi connectivity index (χ1n) is 12.6. The summed E-state index contributed by atoms with van der Waals surface area (Å²) in [6.07, 6.45) is 0. The van der Waals surface area contributed by atoms with Gasteiger partial charge in [0.15, 0.2) is 11.5 Å². The van der Waals surface area contributed by atoms with Crippen LogP contribution < -0.4 is 14.8 Å². The Labute approximate surface area is 214 Å². The van der Waals surface area contributed by atoms with Gasteiger partial charge in [0.25, 0.3) is 0 Å². The van der Waals surface area contributed by atoms with Crippen LogP contribution in [0.5, 0.6) is 11.5 Å². The number of hydrogen-bond acceptors (Lipinski definition) is 5. The Hall–Kier alpha value is -3.64. The number of nitrogens with one attached hydrogen (secondary N) is 1. The van der Waals surface area contributed by atoms with Gasteiger partial charge in [-0.1, -0.05) is 42.5 Å². The van der Waals surface area contributed by atoms with E-state index < -0.39 is 5.92 Å². The van der Waals surface area contributed by atoms with E-state index in [1.807, 2.05) is 68.4 Å². The lowest BCUT2D eigenvalue weighted by molar-refractivity contribution is -0.115. The molecule has 0 radical (unpaired) electrons. The maximum Gasteiger partial charge on any atom is 0.238 e. The van der Waals surface area contributed by atoms with Gasteiger partial charge in [-0.25, -0.2) is 0 Å². The summed E-state index contributed by atoms with van der Waals surface area (Å²) >= 11 is 0. The number of amides is 1. The number of nitrogens with zero attached hydrogens (tertiary/aromatic N) is 2. The zero-order valence-corrected chi connectivity index (χ0v) is 21.7. The normalized spacial score (nSPS) is 15.2. The lowest BCUT2D eigenvalue weighted by Gasteiger charge is -2.21. The molecule has 3 aromatic carbocycles. The van der Waals surface area contributed by atoms with Crippen molar-refractivity contribution < 1.29 is 14.3 Å². The van der Waals surface area contributed by atoms with E-state index in [1.54, 1.807) is 0 Å². The van der Waals surface area contributed by atoms with Crippen LogP contribution in [0.4, 0.5) is 11.4 Å². The van der Waals surface area contributed by atoms with E-state index in [-0.39, 0.29) is 5.91 Å². The molecule has 0 saturated carbocycles. The largest absolute Gasteiger partial charge is 0.490 e. The minimum absolute atomic E-state index is 0.112. The van der Waals surface area contributed by atoms with Crippen LogP contribution in [0.25, 0.3) is 0 Å². The molecule has 0 bridgehead atoms. The van der Waals surface area contributed by atoms with Crippen molar-refractivity contribution in [1.29, 1.82) is 0 Å². The molecule has 0 aromatic heterocycles. The van der Waals surface area contributed by atoms with E-state index in [2.05, 4.69) is 43.2 Å². The number of anilines is 1. The zero-order valence-electron chi connectivity index (χ0n) is 21.7. The first-order valence-corrected chi connectivity index (χ1v) is 12.6. The molecule has 4 rings (SSSR count). The van der Waals surface area contributed by atoms with Crippen molar-refractivity contribution in [2.24, 2.45) is 4.99 Å². The second-order valence-corrected chi connectivity index (χ2v) is 9.21. The molecule has 1 aliphatic rings. The summed E-state index contributed by atoms with van der Waals surface area (Å²) in [5.74, 6) is 0.577. The predicted octanol–water partition coefficient (Wildman–Crippen LogP) is 6.18. The lowest BCUT2D eigenvalue weighted by atomic mass is 9.90. The first kappa shape index (κ1) is 25.5. The van der Waals surface area contributed by atoms with E-state index in [1.165, 1.54) is 5.56 Å². The number of benzene rings is 3. The standard InChI is InChI=1S/C30H35N3O3/c1-6-35-26-17-24-25(18-27(26)36-7-2)32-30(34)28(24)29(22-11-9-8-10-12-22)31-23-15-13-21(14-16-23)19-33(5)20(3)4/h8-18,20,28H,6-7,19H2,1-5H3,(H,32,34). The van der Waals surface area contributed by atoms with Gasteiger partial charge in [0.2, 0.25) is 5.91 Å². The molecule has 1 unspecified atom stereocenters. The number of aliphatic imine (C=N–C) groups is 1. The molecule has 0 fully saturated rings. The van der Waals surface area contributed by atoms with Crippen LogP contribution in [0.15, 0.2) is 71.7 Å². The highest BCUT2D eigenvalue weighted by Gasteiger charge is 2.36. The van der Waals surface area contributed by atoms with Gasteiger partial charge in [0.1, 0.15) is 5.92 Å². The second kappa shape index (κ2) is 11.4. The molecule has 1 aliphatic heterocycles. The van der Waals surface area contributed by atoms with Gasteiger partial charge in [-0.15, -0.1) is 0 Å². The van der Waals surface area contributed by atoms with Crippen molar-refractivity contribution in [2.45, 2.75) is 46.2 Å². The Balaban J connectivity index is 1.76. The highest BCUT2D eigenvalue weighted by atomic mass is 16.5. The summed E-state index contributed by atoms with van der Waals surface area (Å²) in [5, 5.41) is 3.03. The van der Waals surface area contributed by atoms with Crippen LogP contribution in [0.2, 0.25) is 0 Å². The number of rotatable bonds is 10. The van der Waals surface area contributed by atoms with Gasteiger partial charge in [0.05, 0.1) is 24.6 Å². The SMILES string of the molecule is CCOc1cc2c(cc1OCC)C(C(=Nc1ccc(CN(C)C(C)C)cc1)c1ccccc1)C(=O)N2. The number of hydrogen-bond donors (Lipinski definition) is 1. The van der Waals surface area contributed by atoms with Crippen LogP contribution in [0.1, 0.15) is 50.3 Å². The zero-order chi connectivity index (χ0) is 25.7. The predicted molar refractivity (Wildman–Crippen MR) is 146 cm³/mol. The van der Waals surface area contributed by atoms with Crippen molar-refractivity contribution in [3.63, 3.8) is 0 Å². The van der Waals surface area contributed by atoms with Crippen LogP contribution in [-0.2, 0) is 11.3 Å². The summed E-state index contributed by atoms with van der Waals surface area (Å²) in [6.45, 7) is 10.1. The van der Waals surface area contributed by atoms with Gasteiger partial charge in [-0.05, 0) is 69.6 Å². The van der Waals surface area contributed by atoms with Gasteiger partial charge < -0.3 is 14.8 Å². The third-order valence-electron chi connectivity index (χ3n) is 6.39. The smallest absolute Gasteiger partial charge is 0.238 e. The molecule has 1 N–H and O–H groups in total. The molecule has 0 spiro atoms. The Morgan fingerprint density at radius 1 is 0.972 bits per heavy atom. The minimum Gasteiger partial charge on any atom is -0.490 e. The third-order valence-corrected chi connectivity index (χ3v) is 6.39. The van der Waals surface area contributed by atoms with Crippen LogP contribution >= 0.6 is 0 Å². The molecule has 36 heavy (non-hydrogen) atoms. The molecule has 188 valence electrons. The maximum absolute atomic E-state index is 13.3. The van der Waals surface area contributed by atoms with Gasteiger partial charge in [-0.3, -0.25) is 14.7 Å². The number of carbonyl (C=O) groups excluding carboxylic acids is 1. The lowest BCUT2D eigenvalue weighted by Crippen LogP contribution is -2.25. The van der Waals surface area contributed by atoms with Crippen molar-refractivity contribution >= 4 is 23.0 Å². The number of carbonyl (C=O) groups is 1. The number of ether oxygens (including phenoxy) is 2. The van der Waals surface area contributed by atoms with Gasteiger partial charge in [0, 0.05) is 24.3 Å². The summed E-state index contributed by atoms with van der Waals surface area (Å²) in [7, 11) is 2.12. The average molecular weight is 486 g/mol. The van der Waals surface area contributed by atoms with Crippen molar-refractivity contribution in [3.8, 4) is 11.5 Å². The summed E-state index contributed by atoms with van der Waals surface area (Å²) < 4.78 is 11.6. The highest BCUT2D eigenvalue weighted by Crippen LogP contribution is 2.43. The molecule has 1 heterocycles. The summed E-state index contributed by atoms with van der Waals surface area (Å²) in [4.78, 5) is 20.6. The maximum atomic E-state index is 13.3. The van der Waals surface area contributed by atoms with Gasteiger partial charge in [-0.2, -0.15) is 0 Å². The van der Waals surface area contributed by atoms with Crippen molar-refractivity contribution in [3.05, 3.63) is 83.4 Å². The van der Waals surface area contributed by atoms with E-state index in [0.29, 0.717) is 36.5 Å². The quantitative estimate of drug-likeness (QED) is 0.348. The van der Waals surface area contributed by atoms with E-state index >= 15 is 0 Å². The Morgan fingerprint density at radius 2 is 1.61 bits per heavy atom. The van der Waals surface area contributed by atoms with E-state index in [4.69, 9.17) is 14.5 Å². The third kappa shape index (κ3) is 5.60. The Morgan fingerprint density at radius 3 is 2.22 bits per heavy atom. The van der Waals surface area contributed by atoms with E-state index in [9.17, 15) is 4.79 Å². The molecule has 0 saturated heterocycles. The van der Waals surface area contributed by atoms with Crippen molar-refractivity contribution in [1.82, 2.24) is 4.90 Å². The molecular weight excluding hydrogens is 450 g/mol. The Bertz CT molecular complexity index is 1220. The molecular formula is C30H35N3O3. The second-order valence-electron chi connectivity index (χ2n) is 9.21. The fraction of sp³-hybridized carbons (Fsp3) is 0.333. The van der Waals surface area contributed by atoms with Gasteiger partial charge >= 0.3 is 0 Å². The fourth-order valence-corrected chi connectivity index (χ4v) is 4.27. The number of fused-ring (bicyclic) bond motifs is 1. The first-order chi connectivity index (χ1) is 17.4.